The van der Waals surface area contributed by atoms with Crippen molar-refractivity contribution in [3.8, 4) is 5.75 Å². The first-order chi connectivity index (χ1) is 13.2. The fourth-order valence-electron chi connectivity index (χ4n) is 2.76. The van der Waals surface area contributed by atoms with E-state index < -0.39 is 23.8 Å². The lowest BCUT2D eigenvalue weighted by Gasteiger charge is -2.18. The number of hydrogen-bond donors (Lipinski definition) is 1. The van der Waals surface area contributed by atoms with Crippen molar-refractivity contribution in [2.75, 3.05) is 13.2 Å². The smallest absolute Gasteiger partial charge is 0.437 e. The molecule has 1 heterocycles. The van der Waals surface area contributed by atoms with Crippen LogP contribution in [0.1, 0.15) is 37.9 Å². The Balaban J connectivity index is 2.13. The molecule has 1 aromatic carbocycles. The normalized spacial score (nSPS) is 12.8. The van der Waals surface area contributed by atoms with Crippen LogP contribution >= 0.6 is 0 Å². The predicted molar refractivity (Wildman–Crippen MR) is 94.5 cm³/mol. The van der Waals surface area contributed by atoms with Crippen molar-refractivity contribution in [2.45, 2.75) is 45.3 Å². The molecule has 1 atom stereocenters. The number of aromatic nitrogens is 1. The van der Waals surface area contributed by atoms with Gasteiger partial charge in [-0.3, -0.25) is 14.5 Å². The average Bonchev–Trinajstić information content (AvgIpc) is 3.07. The van der Waals surface area contributed by atoms with Gasteiger partial charge in [-0.1, -0.05) is 18.5 Å². The number of carbonyl (C=O) groups excluding carboxylic acids is 2. The van der Waals surface area contributed by atoms with Gasteiger partial charge in [0.15, 0.2) is 11.3 Å². The van der Waals surface area contributed by atoms with Crippen molar-refractivity contribution in [2.24, 2.45) is 5.73 Å². The van der Waals surface area contributed by atoms with E-state index in [0.717, 1.165) is 4.90 Å². The Morgan fingerprint density at radius 1 is 1.43 bits per heavy atom. The van der Waals surface area contributed by atoms with Crippen molar-refractivity contribution >= 4 is 23.3 Å². The number of aryl methyl sites for hydroxylation is 1. The first-order valence-electron chi connectivity index (χ1n) is 8.83. The molecule has 0 fully saturated rings. The molecule has 7 nitrogen and oxygen atoms in total. The van der Waals surface area contributed by atoms with Gasteiger partial charge in [0.05, 0.1) is 18.0 Å². The molecule has 154 valence electrons. The number of amides is 2. The average molecular weight is 401 g/mol. The van der Waals surface area contributed by atoms with Crippen LogP contribution in [0.5, 0.6) is 5.75 Å². The molecule has 0 radical (unpaired) electrons. The number of nitrogens with two attached hydrogens (primary N) is 1. The predicted octanol–water partition coefficient (Wildman–Crippen LogP) is 2.90. The van der Waals surface area contributed by atoms with Gasteiger partial charge < -0.3 is 15.0 Å². The maximum absolute atomic E-state index is 13.0. The maximum atomic E-state index is 13.0. The van der Waals surface area contributed by atoms with Crippen LogP contribution in [0, 0.1) is 0 Å². The molecule has 0 aliphatic rings. The van der Waals surface area contributed by atoms with Crippen LogP contribution in [0.3, 0.4) is 0 Å². The Labute approximate surface area is 159 Å². The number of carbonyl (C=O) groups is 2. The summed E-state index contributed by atoms with van der Waals surface area (Å²) in [4.78, 5) is 23.7. The minimum atomic E-state index is -4.61. The van der Waals surface area contributed by atoms with E-state index in [9.17, 15) is 22.8 Å². The van der Waals surface area contributed by atoms with Crippen LogP contribution < -0.4 is 10.5 Å². The molecular formula is C18H22F3N3O4. The lowest BCUT2D eigenvalue weighted by Crippen LogP contribution is -2.42. The molecule has 0 spiro atoms. The van der Waals surface area contributed by atoms with Gasteiger partial charge in [0, 0.05) is 12.1 Å². The van der Waals surface area contributed by atoms with E-state index in [2.05, 4.69) is 5.16 Å². The summed E-state index contributed by atoms with van der Waals surface area (Å²) in [5.74, 6) is -0.111. The summed E-state index contributed by atoms with van der Waals surface area (Å²) in [6.45, 7) is 3.63. The molecule has 0 saturated heterocycles. The fraction of sp³-hybridized carbons (Fsp3) is 0.500. The number of imide groups is 1. The van der Waals surface area contributed by atoms with Crippen LogP contribution in [-0.2, 0) is 22.2 Å². The number of halogens is 3. The monoisotopic (exact) mass is 401 g/mol. The first kappa shape index (κ1) is 21.7. The molecule has 2 aromatic rings. The van der Waals surface area contributed by atoms with Crippen molar-refractivity contribution in [1.82, 2.24) is 10.1 Å². The number of alkyl halides is 3. The highest BCUT2D eigenvalue weighted by molar-refractivity contribution is 5.89. The van der Waals surface area contributed by atoms with Gasteiger partial charge >= 0.3 is 6.18 Å². The second-order valence-electron chi connectivity index (χ2n) is 6.33. The maximum Gasteiger partial charge on any atom is 0.437 e. The van der Waals surface area contributed by atoms with Crippen molar-refractivity contribution in [3.05, 3.63) is 23.4 Å². The van der Waals surface area contributed by atoms with Crippen LogP contribution in [0.15, 0.2) is 16.7 Å². The third-order valence-electron chi connectivity index (χ3n) is 4.07. The zero-order chi connectivity index (χ0) is 20.9. The molecule has 0 bridgehead atoms. The van der Waals surface area contributed by atoms with E-state index in [1.54, 1.807) is 0 Å². The molecule has 28 heavy (non-hydrogen) atoms. The second-order valence-corrected chi connectivity index (χ2v) is 6.33. The zero-order valence-electron chi connectivity index (χ0n) is 15.6. The second kappa shape index (κ2) is 9.05. The van der Waals surface area contributed by atoms with Crippen molar-refractivity contribution in [3.63, 3.8) is 0 Å². The van der Waals surface area contributed by atoms with E-state index in [0.29, 0.717) is 37.0 Å². The van der Waals surface area contributed by atoms with E-state index in [-0.39, 0.29) is 24.1 Å². The topological polar surface area (TPSA) is 98.7 Å². The van der Waals surface area contributed by atoms with Gasteiger partial charge in [0.2, 0.25) is 12.3 Å². The Bertz CT molecular complexity index is 833. The highest BCUT2D eigenvalue weighted by Gasteiger charge is 2.37. The SMILES string of the molecule is CCCc1c(OCCCN(C=O)C(=O)[C@@H](C)N)ccc2c(C(F)(F)F)noc12. The summed E-state index contributed by atoms with van der Waals surface area (Å²) in [6, 6.07) is 1.92. The third kappa shape index (κ3) is 4.80. The molecule has 1 aromatic heterocycles. The Morgan fingerprint density at radius 3 is 2.71 bits per heavy atom. The largest absolute Gasteiger partial charge is 0.493 e. The lowest BCUT2D eigenvalue weighted by molar-refractivity contribution is -0.141. The van der Waals surface area contributed by atoms with E-state index >= 15 is 0 Å². The van der Waals surface area contributed by atoms with Gasteiger partial charge in [-0.05, 0) is 31.9 Å². The molecule has 2 rings (SSSR count). The molecule has 0 unspecified atom stereocenters. The molecule has 2 amide bonds. The standard InChI is InChI=1S/C18H22F3N3O4/c1-3-5-12-14(27-9-4-8-24(10-25)17(26)11(2)22)7-6-13-15(12)28-23-16(13)18(19,20)21/h6-7,10-11H,3-5,8-9,22H2,1-2H3/t11-/m1/s1. The first-order valence-corrected chi connectivity index (χ1v) is 8.83. The number of ether oxygens (including phenoxy) is 1. The summed E-state index contributed by atoms with van der Waals surface area (Å²) >= 11 is 0. The summed E-state index contributed by atoms with van der Waals surface area (Å²) in [5, 5.41) is 3.05. The Kier molecular flexibility index (Phi) is 7.00. The van der Waals surface area contributed by atoms with Gasteiger partial charge in [0.1, 0.15) is 5.75 Å². The zero-order valence-corrected chi connectivity index (χ0v) is 15.6. The van der Waals surface area contributed by atoms with E-state index in [1.807, 2.05) is 6.92 Å². The Morgan fingerprint density at radius 2 is 2.14 bits per heavy atom. The molecule has 2 N–H and O–H groups in total. The van der Waals surface area contributed by atoms with Crippen molar-refractivity contribution in [1.29, 1.82) is 0 Å². The quantitative estimate of drug-likeness (QED) is 0.512. The molecule has 0 aliphatic carbocycles. The number of fused-ring (bicyclic) bond motifs is 1. The van der Waals surface area contributed by atoms with Crippen LogP contribution in [0.25, 0.3) is 11.0 Å². The van der Waals surface area contributed by atoms with Gasteiger partial charge in [-0.15, -0.1) is 0 Å². The third-order valence-corrected chi connectivity index (χ3v) is 4.07. The number of rotatable bonds is 9. The fourth-order valence-corrected chi connectivity index (χ4v) is 2.76. The van der Waals surface area contributed by atoms with Crippen LogP contribution in [0.2, 0.25) is 0 Å². The van der Waals surface area contributed by atoms with Crippen LogP contribution in [0.4, 0.5) is 13.2 Å². The van der Waals surface area contributed by atoms with E-state index in [4.69, 9.17) is 15.0 Å². The molecular weight excluding hydrogens is 379 g/mol. The highest BCUT2D eigenvalue weighted by atomic mass is 19.4. The lowest BCUT2D eigenvalue weighted by atomic mass is 10.0. The number of benzene rings is 1. The van der Waals surface area contributed by atoms with Crippen LogP contribution in [-0.4, -0.2) is 41.6 Å². The van der Waals surface area contributed by atoms with Gasteiger partial charge in [-0.25, -0.2) is 0 Å². The molecule has 10 heteroatoms. The summed E-state index contributed by atoms with van der Waals surface area (Å²) in [7, 11) is 0. The van der Waals surface area contributed by atoms with E-state index in [1.165, 1.54) is 19.1 Å². The Hall–Kier alpha value is -2.62. The van der Waals surface area contributed by atoms with Gasteiger partial charge in [0.25, 0.3) is 0 Å². The summed E-state index contributed by atoms with van der Waals surface area (Å²) in [6.07, 6.45) is -2.75. The molecule has 0 saturated carbocycles. The summed E-state index contributed by atoms with van der Waals surface area (Å²) in [5.41, 5.74) is 4.95. The summed E-state index contributed by atoms with van der Waals surface area (Å²) < 4.78 is 49.7. The minimum absolute atomic E-state index is 0.0494. The van der Waals surface area contributed by atoms with Gasteiger partial charge in [-0.2, -0.15) is 13.2 Å². The number of nitrogens with zero attached hydrogens (tertiary/aromatic N) is 2. The highest BCUT2D eigenvalue weighted by Crippen LogP contribution is 2.38. The number of hydrogen-bond acceptors (Lipinski definition) is 6. The minimum Gasteiger partial charge on any atom is -0.493 e. The molecule has 0 aliphatic heterocycles. The van der Waals surface area contributed by atoms with Crippen molar-refractivity contribution < 1.29 is 32.0 Å².